The number of rotatable bonds is 10. The standard InChI is InChI=1S/C20H25Cl2FN4O2.C9H12ClFN4.2ClH/c1-3-28-16-9-13(10-17(18(16)21)29-4-2)12-27-7-5-14(6-8-27)25-19-15(23)11-24-20(22)26-19;10-9-13-5-7(11)8(15-9)14-6-1-3-12-4-2-6;;/h9-11,14H,3-8,12H2,1-2H3,(H,24,25,26);5-6,12H,1-4H2,(H,13,14,15);2*1H. The molecule has 0 radical (unpaired) electrons. The molecule has 0 unspecified atom stereocenters. The SMILES string of the molecule is CCOc1cc(CN2CCC(Nc3nc(Cl)ncc3F)CC2)cc(OCC)c1Cl.Cl.Cl.Fc1cnc(Cl)nc1NC1CCNCC1. The molecular formula is C29H39Cl5F2N8O2. The number of hydrogen-bond donors (Lipinski definition) is 3. The summed E-state index contributed by atoms with van der Waals surface area (Å²) in [5, 5.41) is 10.0. The van der Waals surface area contributed by atoms with Crippen molar-refractivity contribution in [1.29, 1.82) is 0 Å². The Morgan fingerprint density at radius 3 is 1.72 bits per heavy atom. The second kappa shape index (κ2) is 20.2. The van der Waals surface area contributed by atoms with E-state index in [2.05, 4.69) is 40.8 Å². The number of nitrogens with zero attached hydrogens (tertiary/aromatic N) is 5. The summed E-state index contributed by atoms with van der Waals surface area (Å²) in [5.74, 6) is 0.680. The summed E-state index contributed by atoms with van der Waals surface area (Å²) < 4.78 is 38.4. The number of nitrogens with one attached hydrogen (secondary N) is 3. The molecule has 5 rings (SSSR count). The molecule has 4 heterocycles. The van der Waals surface area contributed by atoms with Crippen LogP contribution in [0.1, 0.15) is 45.1 Å². The molecule has 3 N–H and O–H groups in total. The lowest BCUT2D eigenvalue weighted by Crippen LogP contribution is -2.39. The molecule has 0 amide bonds. The molecule has 2 aromatic heterocycles. The van der Waals surface area contributed by atoms with Crippen LogP contribution in [0, 0.1) is 11.6 Å². The van der Waals surface area contributed by atoms with Crippen molar-refractivity contribution < 1.29 is 18.3 Å². The summed E-state index contributed by atoms with van der Waals surface area (Å²) in [6.07, 6.45) is 5.82. The van der Waals surface area contributed by atoms with E-state index in [4.69, 9.17) is 44.3 Å². The second-order valence-corrected chi connectivity index (χ2v) is 11.4. The van der Waals surface area contributed by atoms with Gasteiger partial charge in [-0.2, -0.15) is 9.97 Å². The van der Waals surface area contributed by atoms with Crippen molar-refractivity contribution in [3.05, 3.63) is 57.3 Å². The first-order valence-corrected chi connectivity index (χ1v) is 15.8. The number of hydrogen-bond acceptors (Lipinski definition) is 10. The Labute approximate surface area is 295 Å². The lowest BCUT2D eigenvalue weighted by molar-refractivity contribution is 0.210. The minimum absolute atomic E-state index is 0. The molecule has 0 bridgehead atoms. The van der Waals surface area contributed by atoms with E-state index in [9.17, 15) is 8.78 Å². The third-order valence-electron chi connectivity index (χ3n) is 7.11. The van der Waals surface area contributed by atoms with E-state index in [1.807, 2.05) is 26.0 Å². The Morgan fingerprint density at radius 1 is 0.804 bits per heavy atom. The van der Waals surface area contributed by atoms with Gasteiger partial charge in [-0.05, 0) is 93.5 Å². The van der Waals surface area contributed by atoms with Crippen LogP contribution in [0.2, 0.25) is 15.6 Å². The Hall–Kier alpha value is -2.19. The molecule has 0 aliphatic carbocycles. The number of piperidine rings is 2. The number of aromatic nitrogens is 4. The van der Waals surface area contributed by atoms with Gasteiger partial charge in [0.15, 0.2) is 23.3 Å². The van der Waals surface area contributed by atoms with Gasteiger partial charge in [0.05, 0.1) is 25.6 Å². The molecular weight excluding hydrogens is 708 g/mol. The van der Waals surface area contributed by atoms with Crippen molar-refractivity contribution in [1.82, 2.24) is 30.2 Å². The van der Waals surface area contributed by atoms with Gasteiger partial charge < -0.3 is 25.4 Å². The molecule has 2 aliphatic heterocycles. The minimum atomic E-state index is -0.495. The maximum atomic E-state index is 13.8. The van der Waals surface area contributed by atoms with E-state index in [0.717, 1.165) is 76.4 Å². The largest absolute Gasteiger partial charge is 0.492 e. The Bertz CT molecular complexity index is 1340. The molecule has 46 heavy (non-hydrogen) atoms. The number of halogens is 7. The predicted octanol–water partition coefficient (Wildman–Crippen LogP) is 7.07. The highest BCUT2D eigenvalue weighted by atomic mass is 35.5. The highest BCUT2D eigenvalue weighted by Gasteiger charge is 2.22. The van der Waals surface area contributed by atoms with Crippen LogP contribution in [0.25, 0.3) is 0 Å². The van der Waals surface area contributed by atoms with Gasteiger partial charge in [-0.1, -0.05) is 11.6 Å². The molecule has 0 atom stereocenters. The van der Waals surface area contributed by atoms with Crippen molar-refractivity contribution in [2.45, 2.75) is 58.2 Å². The van der Waals surface area contributed by atoms with Gasteiger partial charge >= 0.3 is 0 Å². The molecule has 2 saturated heterocycles. The summed E-state index contributed by atoms with van der Waals surface area (Å²) >= 11 is 17.7. The van der Waals surface area contributed by atoms with Crippen LogP contribution in [0.3, 0.4) is 0 Å². The van der Waals surface area contributed by atoms with E-state index in [1.54, 1.807) is 0 Å². The zero-order valence-electron chi connectivity index (χ0n) is 25.5. The van der Waals surface area contributed by atoms with E-state index in [-0.39, 0.29) is 59.1 Å². The molecule has 2 fully saturated rings. The van der Waals surface area contributed by atoms with Crippen molar-refractivity contribution >= 4 is 71.3 Å². The van der Waals surface area contributed by atoms with Crippen LogP contribution in [-0.4, -0.2) is 76.3 Å². The quantitative estimate of drug-likeness (QED) is 0.187. The first-order valence-electron chi connectivity index (χ1n) is 14.7. The highest BCUT2D eigenvalue weighted by molar-refractivity contribution is 6.33. The average Bonchev–Trinajstić information content (AvgIpc) is 3.01. The molecule has 10 nitrogen and oxygen atoms in total. The smallest absolute Gasteiger partial charge is 0.224 e. The predicted molar refractivity (Wildman–Crippen MR) is 184 cm³/mol. The number of ether oxygens (including phenoxy) is 2. The van der Waals surface area contributed by atoms with Gasteiger partial charge in [-0.25, -0.2) is 18.7 Å². The number of likely N-dealkylation sites (tertiary alicyclic amines) is 1. The van der Waals surface area contributed by atoms with Gasteiger partial charge in [0.1, 0.15) is 16.5 Å². The van der Waals surface area contributed by atoms with E-state index < -0.39 is 11.6 Å². The normalized spacial score (nSPS) is 15.5. The van der Waals surface area contributed by atoms with Crippen molar-refractivity contribution in [3.63, 3.8) is 0 Å². The molecule has 1 aromatic carbocycles. The van der Waals surface area contributed by atoms with Crippen molar-refractivity contribution in [2.24, 2.45) is 0 Å². The zero-order chi connectivity index (χ0) is 31.5. The maximum absolute atomic E-state index is 13.8. The zero-order valence-corrected chi connectivity index (χ0v) is 29.4. The van der Waals surface area contributed by atoms with Crippen LogP contribution in [0.15, 0.2) is 24.5 Å². The summed E-state index contributed by atoms with van der Waals surface area (Å²) in [6, 6.07) is 4.33. The molecule has 3 aromatic rings. The lowest BCUT2D eigenvalue weighted by atomic mass is 10.0. The highest BCUT2D eigenvalue weighted by Crippen LogP contribution is 2.36. The molecule has 0 spiro atoms. The summed E-state index contributed by atoms with van der Waals surface area (Å²) in [7, 11) is 0. The maximum Gasteiger partial charge on any atom is 0.224 e. The fraction of sp³-hybridized carbons (Fsp3) is 0.517. The third-order valence-corrected chi connectivity index (χ3v) is 7.85. The van der Waals surface area contributed by atoms with Crippen molar-refractivity contribution in [2.75, 3.05) is 50.0 Å². The Kier molecular flexibility index (Phi) is 17.6. The molecule has 17 heteroatoms. The van der Waals surface area contributed by atoms with Gasteiger partial charge in [-0.3, -0.25) is 4.90 Å². The summed E-state index contributed by atoms with van der Waals surface area (Å²) in [4.78, 5) is 17.3. The van der Waals surface area contributed by atoms with E-state index >= 15 is 0 Å². The van der Waals surface area contributed by atoms with Crippen LogP contribution in [-0.2, 0) is 6.54 Å². The first-order chi connectivity index (χ1) is 21.2. The topological polar surface area (TPSA) is 109 Å². The van der Waals surface area contributed by atoms with Crippen LogP contribution in [0.5, 0.6) is 11.5 Å². The Morgan fingerprint density at radius 2 is 1.26 bits per heavy atom. The fourth-order valence-corrected chi connectivity index (χ4v) is 5.46. The Balaban J connectivity index is 0.000000367. The first kappa shape index (κ1) is 40.0. The third kappa shape index (κ3) is 12.1. The second-order valence-electron chi connectivity index (χ2n) is 10.3. The van der Waals surface area contributed by atoms with Gasteiger partial charge in [0, 0.05) is 31.7 Å². The van der Waals surface area contributed by atoms with E-state index in [1.165, 1.54) is 0 Å². The van der Waals surface area contributed by atoms with Gasteiger partial charge in [-0.15, -0.1) is 24.8 Å². The van der Waals surface area contributed by atoms with Crippen LogP contribution in [0.4, 0.5) is 20.4 Å². The molecule has 256 valence electrons. The molecule has 2 aliphatic rings. The van der Waals surface area contributed by atoms with Gasteiger partial charge in [0.25, 0.3) is 0 Å². The summed E-state index contributed by atoms with van der Waals surface area (Å²) in [6.45, 7) is 9.31. The molecule has 0 saturated carbocycles. The van der Waals surface area contributed by atoms with Crippen molar-refractivity contribution in [3.8, 4) is 11.5 Å². The average molecular weight is 747 g/mol. The van der Waals surface area contributed by atoms with Crippen LogP contribution >= 0.6 is 59.6 Å². The summed E-state index contributed by atoms with van der Waals surface area (Å²) in [5.41, 5.74) is 1.08. The van der Waals surface area contributed by atoms with Crippen LogP contribution < -0.4 is 25.4 Å². The van der Waals surface area contributed by atoms with E-state index in [0.29, 0.717) is 29.7 Å². The minimum Gasteiger partial charge on any atom is -0.492 e. The number of benzene rings is 1. The van der Waals surface area contributed by atoms with Gasteiger partial charge in [0.2, 0.25) is 10.6 Å². The lowest BCUT2D eigenvalue weighted by Gasteiger charge is -2.32. The number of anilines is 2. The fourth-order valence-electron chi connectivity index (χ4n) is 4.98. The monoisotopic (exact) mass is 744 g/mol.